The second-order valence-electron chi connectivity index (χ2n) is 5.84. The molecule has 3 rings (SSSR count). The summed E-state index contributed by atoms with van der Waals surface area (Å²) in [5.41, 5.74) is 6.15. The van der Waals surface area contributed by atoms with Gasteiger partial charge in [-0.25, -0.2) is 0 Å². The molecule has 1 saturated heterocycles. The Kier molecular flexibility index (Phi) is 5.29. The van der Waals surface area contributed by atoms with Crippen LogP contribution in [0.1, 0.15) is 16.8 Å². The van der Waals surface area contributed by atoms with Crippen LogP contribution in [0.5, 0.6) is 11.5 Å². The van der Waals surface area contributed by atoms with Crippen molar-refractivity contribution in [3.05, 3.63) is 58.1 Å². The van der Waals surface area contributed by atoms with E-state index in [-0.39, 0.29) is 5.91 Å². The highest BCUT2D eigenvalue weighted by molar-refractivity contribution is 6.31. The third kappa shape index (κ3) is 3.83. The fourth-order valence-corrected chi connectivity index (χ4v) is 3.15. The molecule has 1 atom stereocenters. The van der Waals surface area contributed by atoms with Crippen LogP contribution < -0.4 is 10.5 Å². The molecule has 24 heavy (non-hydrogen) atoms. The summed E-state index contributed by atoms with van der Waals surface area (Å²) in [6.07, 6.45) is 0.924. The molecular formula is C18H18Cl2N2O2. The van der Waals surface area contributed by atoms with Crippen LogP contribution in [0.3, 0.4) is 0 Å². The Bertz CT molecular complexity index is 752. The number of halogens is 2. The van der Waals surface area contributed by atoms with Crippen molar-refractivity contribution in [3.8, 4) is 11.5 Å². The van der Waals surface area contributed by atoms with Gasteiger partial charge in [0.15, 0.2) is 0 Å². The average molecular weight is 365 g/mol. The quantitative estimate of drug-likeness (QED) is 0.883. The molecule has 0 aliphatic carbocycles. The Labute approximate surface area is 151 Å². The molecule has 1 aliphatic heterocycles. The summed E-state index contributed by atoms with van der Waals surface area (Å²) in [7, 11) is 0. The van der Waals surface area contributed by atoms with Gasteiger partial charge in [-0.2, -0.15) is 0 Å². The lowest BCUT2D eigenvalue weighted by molar-refractivity contribution is 0.0785. The van der Waals surface area contributed by atoms with Crippen LogP contribution in [0.15, 0.2) is 42.5 Å². The second kappa shape index (κ2) is 7.43. The molecule has 1 fully saturated rings. The minimum atomic E-state index is -0.0921. The molecule has 2 aromatic rings. The number of nitrogens with zero attached hydrogens (tertiary/aromatic N) is 1. The highest BCUT2D eigenvalue weighted by Gasteiger charge is 2.28. The molecule has 1 aliphatic rings. The topological polar surface area (TPSA) is 55.6 Å². The number of carbonyl (C=O) groups excluding carboxylic acids is 1. The summed E-state index contributed by atoms with van der Waals surface area (Å²) < 4.78 is 5.86. The van der Waals surface area contributed by atoms with Gasteiger partial charge in [-0.05, 0) is 55.3 Å². The molecule has 1 heterocycles. The van der Waals surface area contributed by atoms with Crippen LogP contribution in [0.4, 0.5) is 0 Å². The minimum Gasteiger partial charge on any atom is -0.456 e. The second-order valence-corrected chi connectivity index (χ2v) is 6.71. The lowest BCUT2D eigenvalue weighted by atomic mass is 10.1. The van der Waals surface area contributed by atoms with Gasteiger partial charge in [0.05, 0.1) is 5.56 Å². The molecule has 0 radical (unpaired) electrons. The zero-order valence-electron chi connectivity index (χ0n) is 13.0. The first-order chi connectivity index (χ1) is 11.6. The van der Waals surface area contributed by atoms with Crippen LogP contribution in [-0.4, -0.2) is 30.4 Å². The van der Waals surface area contributed by atoms with E-state index in [0.29, 0.717) is 52.7 Å². The molecule has 0 saturated carbocycles. The first-order valence-corrected chi connectivity index (χ1v) is 8.54. The Hall–Kier alpha value is -1.75. The van der Waals surface area contributed by atoms with Crippen LogP contribution in [0.2, 0.25) is 10.0 Å². The molecule has 1 unspecified atom stereocenters. The van der Waals surface area contributed by atoms with Crippen molar-refractivity contribution in [1.29, 1.82) is 0 Å². The fraction of sp³-hybridized carbons (Fsp3) is 0.278. The summed E-state index contributed by atoms with van der Waals surface area (Å²) in [5.74, 6) is 1.29. The Morgan fingerprint density at radius 2 is 2.00 bits per heavy atom. The van der Waals surface area contributed by atoms with Gasteiger partial charge in [0.1, 0.15) is 11.5 Å². The van der Waals surface area contributed by atoms with Crippen molar-refractivity contribution in [2.45, 2.75) is 6.42 Å². The van der Waals surface area contributed by atoms with E-state index in [1.807, 2.05) is 0 Å². The van der Waals surface area contributed by atoms with E-state index in [2.05, 4.69) is 0 Å². The van der Waals surface area contributed by atoms with Crippen molar-refractivity contribution in [1.82, 2.24) is 4.90 Å². The van der Waals surface area contributed by atoms with E-state index >= 15 is 0 Å². The van der Waals surface area contributed by atoms with Gasteiger partial charge in [-0.1, -0.05) is 29.3 Å². The number of benzene rings is 2. The molecule has 2 aromatic carbocycles. The van der Waals surface area contributed by atoms with E-state index in [1.165, 1.54) is 0 Å². The number of amides is 1. The van der Waals surface area contributed by atoms with Crippen LogP contribution >= 0.6 is 23.2 Å². The molecule has 6 heteroatoms. The third-order valence-corrected chi connectivity index (χ3v) is 4.57. The maximum atomic E-state index is 12.9. The van der Waals surface area contributed by atoms with E-state index < -0.39 is 0 Å². The molecule has 4 nitrogen and oxygen atoms in total. The van der Waals surface area contributed by atoms with E-state index in [0.717, 1.165) is 6.42 Å². The minimum absolute atomic E-state index is 0.0921. The summed E-state index contributed by atoms with van der Waals surface area (Å²) in [6.45, 7) is 1.95. The summed E-state index contributed by atoms with van der Waals surface area (Å²) in [4.78, 5) is 14.7. The predicted molar refractivity (Wildman–Crippen MR) is 96.0 cm³/mol. The maximum absolute atomic E-state index is 12.9. The number of ether oxygens (including phenoxy) is 1. The normalized spacial score (nSPS) is 17.1. The monoisotopic (exact) mass is 364 g/mol. The maximum Gasteiger partial charge on any atom is 0.257 e. The first kappa shape index (κ1) is 17.1. The molecule has 0 aromatic heterocycles. The van der Waals surface area contributed by atoms with Gasteiger partial charge in [0.2, 0.25) is 0 Å². The standard InChI is InChI=1S/C18H18Cl2N2O2/c19-13-2-1-3-15(8-13)24-17-5-4-14(20)9-16(17)18(23)22-7-6-12(10-21)11-22/h1-5,8-9,12H,6-7,10-11,21H2. The van der Waals surface area contributed by atoms with Gasteiger partial charge >= 0.3 is 0 Å². The van der Waals surface area contributed by atoms with Crippen molar-refractivity contribution in [2.24, 2.45) is 11.7 Å². The number of likely N-dealkylation sites (tertiary alicyclic amines) is 1. The largest absolute Gasteiger partial charge is 0.456 e. The van der Waals surface area contributed by atoms with Crippen molar-refractivity contribution in [3.63, 3.8) is 0 Å². The first-order valence-electron chi connectivity index (χ1n) is 7.79. The SMILES string of the molecule is NCC1CCN(C(=O)c2cc(Cl)ccc2Oc2cccc(Cl)c2)C1. The average Bonchev–Trinajstić information content (AvgIpc) is 3.05. The molecule has 126 valence electrons. The number of rotatable bonds is 4. The summed E-state index contributed by atoms with van der Waals surface area (Å²) >= 11 is 12.1. The Balaban J connectivity index is 1.87. The molecule has 0 spiro atoms. The fourth-order valence-electron chi connectivity index (χ4n) is 2.80. The van der Waals surface area contributed by atoms with E-state index in [1.54, 1.807) is 47.4 Å². The van der Waals surface area contributed by atoms with Crippen molar-refractivity contribution < 1.29 is 9.53 Å². The zero-order valence-corrected chi connectivity index (χ0v) is 14.6. The summed E-state index contributed by atoms with van der Waals surface area (Å²) in [5, 5.41) is 1.06. The number of hydrogen-bond donors (Lipinski definition) is 1. The van der Waals surface area contributed by atoms with Crippen molar-refractivity contribution >= 4 is 29.1 Å². The Morgan fingerprint density at radius 1 is 1.21 bits per heavy atom. The summed E-state index contributed by atoms with van der Waals surface area (Å²) in [6, 6.07) is 12.1. The van der Waals surface area contributed by atoms with Gasteiger partial charge in [-0.3, -0.25) is 4.79 Å². The molecule has 2 N–H and O–H groups in total. The molecule has 0 bridgehead atoms. The number of nitrogens with two attached hydrogens (primary N) is 1. The number of hydrogen-bond acceptors (Lipinski definition) is 3. The van der Waals surface area contributed by atoms with Crippen molar-refractivity contribution in [2.75, 3.05) is 19.6 Å². The molecule has 1 amide bonds. The van der Waals surface area contributed by atoms with Gasteiger partial charge in [-0.15, -0.1) is 0 Å². The van der Waals surface area contributed by atoms with Gasteiger partial charge < -0.3 is 15.4 Å². The molecular weight excluding hydrogens is 347 g/mol. The highest BCUT2D eigenvalue weighted by Crippen LogP contribution is 2.31. The van der Waals surface area contributed by atoms with E-state index in [9.17, 15) is 4.79 Å². The lowest BCUT2D eigenvalue weighted by Crippen LogP contribution is -2.30. The van der Waals surface area contributed by atoms with Gasteiger partial charge in [0.25, 0.3) is 5.91 Å². The van der Waals surface area contributed by atoms with Crippen LogP contribution in [-0.2, 0) is 0 Å². The lowest BCUT2D eigenvalue weighted by Gasteiger charge is -2.19. The zero-order chi connectivity index (χ0) is 17.1. The number of carbonyl (C=O) groups is 1. The van der Waals surface area contributed by atoms with E-state index in [4.69, 9.17) is 33.7 Å². The van der Waals surface area contributed by atoms with Crippen LogP contribution in [0, 0.1) is 5.92 Å². The smallest absolute Gasteiger partial charge is 0.257 e. The predicted octanol–water partition coefficient (Wildman–Crippen LogP) is 4.21. The highest BCUT2D eigenvalue weighted by atomic mass is 35.5. The van der Waals surface area contributed by atoms with Gasteiger partial charge in [0, 0.05) is 23.1 Å². The Morgan fingerprint density at radius 3 is 2.71 bits per heavy atom. The van der Waals surface area contributed by atoms with Crippen LogP contribution in [0.25, 0.3) is 0 Å². The third-order valence-electron chi connectivity index (χ3n) is 4.10.